The van der Waals surface area contributed by atoms with Crippen LogP contribution in [0.15, 0.2) is 24.3 Å². The molecule has 1 fully saturated rings. The number of benzene rings is 1. The molecule has 1 heterocycles. The van der Waals surface area contributed by atoms with Gasteiger partial charge in [0.1, 0.15) is 0 Å². The fourth-order valence-corrected chi connectivity index (χ4v) is 3.86. The first-order valence-electron chi connectivity index (χ1n) is 6.40. The van der Waals surface area contributed by atoms with Gasteiger partial charge in [0.25, 0.3) is 0 Å². The van der Waals surface area contributed by atoms with Crippen molar-refractivity contribution in [2.24, 2.45) is 5.92 Å². The van der Waals surface area contributed by atoms with E-state index >= 15 is 0 Å². The van der Waals surface area contributed by atoms with Gasteiger partial charge in [-0.1, -0.05) is 24.3 Å². The first-order valence-corrected chi connectivity index (χ1v) is 7.55. The van der Waals surface area contributed by atoms with Crippen molar-refractivity contribution in [1.29, 1.82) is 0 Å². The Kier molecular flexibility index (Phi) is 3.41. The SMILES string of the molecule is OC1CC(CNC2CSCc3ccccc32)C1. The third-order valence-corrected chi connectivity index (χ3v) is 4.92. The molecule has 3 heteroatoms. The van der Waals surface area contributed by atoms with E-state index in [1.165, 1.54) is 16.9 Å². The van der Waals surface area contributed by atoms with Crippen LogP contribution in [0.3, 0.4) is 0 Å². The fraction of sp³-hybridized carbons (Fsp3) is 0.571. The first kappa shape index (κ1) is 11.6. The van der Waals surface area contributed by atoms with Gasteiger partial charge in [0.2, 0.25) is 0 Å². The molecule has 0 bridgehead atoms. The van der Waals surface area contributed by atoms with Crippen LogP contribution in [-0.4, -0.2) is 23.5 Å². The Morgan fingerprint density at radius 3 is 2.94 bits per heavy atom. The predicted octanol–water partition coefficient (Wildman–Crippen LogP) is 2.34. The van der Waals surface area contributed by atoms with Crippen LogP contribution in [0.2, 0.25) is 0 Å². The van der Waals surface area contributed by atoms with Gasteiger partial charge >= 0.3 is 0 Å². The summed E-state index contributed by atoms with van der Waals surface area (Å²) in [6.45, 7) is 1.05. The third-order valence-electron chi connectivity index (χ3n) is 3.84. The molecule has 1 unspecified atom stereocenters. The maximum atomic E-state index is 9.28. The summed E-state index contributed by atoms with van der Waals surface area (Å²) in [6, 6.07) is 9.26. The van der Waals surface area contributed by atoms with E-state index in [4.69, 9.17) is 0 Å². The highest BCUT2D eigenvalue weighted by molar-refractivity contribution is 7.98. The van der Waals surface area contributed by atoms with Crippen LogP contribution in [-0.2, 0) is 5.75 Å². The van der Waals surface area contributed by atoms with Crippen LogP contribution in [0.25, 0.3) is 0 Å². The molecule has 1 aliphatic heterocycles. The lowest BCUT2D eigenvalue weighted by Gasteiger charge is -2.34. The summed E-state index contributed by atoms with van der Waals surface area (Å²) in [7, 11) is 0. The van der Waals surface area contributed by atoms with Gasteiger partial charge in [-0.2, -0.15) is 11.8 Å². The summed E-state index contributed by atoms with van der Waals surface area (Å²) in [5.41, 5.74) is 2.96. The Hall–Kier alpha value is -0.510. The molecule has 2 aliphatic rings. The number of fused-ring (bicyclic) bond motifs is 1. The molecule has 2 N–H and O–H groups in total. The zero-order valence-electron chi connectivity index (χ0n) is 9.93. The Morgan fingerprint density at radius 2 is 2.12 bits per heavy atom. The summed E-state index contributed by atoms with van der Waals surface area (Å²) in [5.74, 6) is 3.01. The molecule has 0 amide bonds. The van der Waals surface area contributed by atoms with Crippen molar-refractivity contribution in [2.75, 3.05) is 12.3 Å². The number of nitrogens with one attached hydrogen (secondary N) is 1. The van der Waals surface area contributed by atoms with Gasteiger partial charge in [0.15, 0.2) is 0 Å². The molecule has 92 valence electrons. The lowest BCUT2D eigenvalue weighted by atomic mass is 9.82. The minimum Gasteiger partial charge on any atom is -0.393 e. The molecule has 0 spiro atoms. The topological polar surface area (TPSA) is 32.3 Å². The molecule has 1 aromatic carbocycles. The van der Waals surface area contributed by atoms with E-state index < -0.39 is 0 Å². The molecule has 1 atom stereocenters. The van der Waals surface area contributed by atoms with Crippen LogP contribution in [0.1, 0.15) is 30.0 Å². The van der Waals surface area contributed by atoms with Crippen molar-refractivity contribution in [3.8, 4) is 0 Å². The quantitative estimate of drug-likeness (QED) is 0.862. The zero-order valence-corrected chi connectivity index (χ0v) is 10.7. The molecule has 0 saturated heterocycles. The molecule has 3 rings (SSSR count). The highest BCUT2D eigenvalue weighted by Gasteiger charge is 2.28. The number of aliphatic hydroxyl groups excluding tert-OH is 1. The van der Waals surface area contributed by atoms with Crippen molar-refractivity contribution in [1.82, 2.24) is 5.32 Å². The Balaban J connectivity index is 1.61. The molecule has 2 nitrogen and oxygen atoms in total. The Morgan fingerprint density at radius 1 is 1.29 bits per heavy atom. The van der Waals surface area contributed by atoms with E-state index in [-0.39, 0.29) is 6.10 Å². The van der Waals surface area contributed by atoms with Gasteiger partial charge in [-0.05, 0) is 36.4 Å². The van der Waals surface area contributed by atoms with Crippen molar-refractivity contribution >= 4 is 11.8 Å². The number of aliphatic hydroxyl groups is 1. The zero-order chi connectivity index (χ0) is 11.7. The maximum absolute atomic E-state index is 9.28. The minimum absolute atomic E-state index is 0.0326. The fourth-order valence-electron chi connectivity index (χ4n) is 2.73. The average molecular weight is 249 g/mol. The molecule has 1 saturated carbocycles. The summed E-state index contributed by atoms with van der Waals surface area (Å²) in [6.07, 6.45) is 1.93. The number of thioether (sulfide) groups is 1. The summed E-state index contributed by atoms with van der Waals surface area (Å²) >= 11 is 2.01. The van der Waals surface area contributed by atoms with Crippen LogP contribution >= 0.6 is 11.8 Å². The van der Waals surface area contributed by atoms with E-state index in [9.17, 15) is 5.11 Å². The van der Waals surface area contributed by atoms with Crippen molar-refractivity contribution < 1.29 is 5.11 Å². The van der Waals surface area contributed by atoms with Crippen LogP contribution in [0.5, 0.6) is 0 Å². The lowest BCUT2D eigenvalue weighted by Crippen LogP contribution is -2.38. The van der Waals surface area contributed by atoms with E-state index in [0.717, 1.165) is 25.1 Å². The van der Waals surface area contributed by atoms with E-state index in [1.807, 2.05) is 11.8 Å². The smallest absolute Gasteiger partial charge is 0.0546 e. The van der Waals surface area contributed by atoms with Crippen molar-refractivity contribution in [3.63, 3.8) is 0 Å². The monoisotopic (exact) mass is 249 g/mol. The molecule has 0 radical (unpaired) electrons. The number of hydrogen-bond donors (Lipinski definition) is 2. The molecule has 1 aliphatic carbocycles. The predicted molar refractivity (Wildman–Crippen MR) is 72.1 cm³/mol. The van der Waals surface area contributed by atoms with Gasteiger partial charge in [-0.3, -0.25) is 0 Å². The molecule has 1 aromatic rings. The number of rotatable bonds is 3. The van der Waals surface area contributed by atoms with Gasteiger partial charge < -0.3 is 10.4 Å². The highest BCUT2D eigenvalue weighted by atomic mass is 32.2. The first-order chi connectivity index (χ1) is 8.33. The van der Waals surface area contributed by atoms with Crippen molar-refractivity contribution in [3.05, 3.63) is 35.4 Å². The summed E-state index contributed by atoms with van der Waals surface area (Å²) < 4.78 is 0. The molecular formula is C14H19NOS. The maximum Gasteiger partial charge on any atom is 0.0546 e. The van der Waals surface area contributed by atoms with E-state index in [2.05, 4.69) is 29.6 Å². The standard InChI is InChI=1S/C14H19NOS/c16-12-5-10(6-12)7-15-14-9-17-8-11-3-1-2-4-13(11)14/h1-4,10,12,14-16H,5-9H2. The van der Waals surface area contributed by atoms with Gasteiger partial charge in [0.05, 0.1) is 6.10 Å². The molecule has 17 heavy (non-hydrogen) atoms. The van der Waals surface area contributed by atoms with E-state index in [0.29, 0.717) is 12.0 Å². The normalized spacial score (nSPS) is 31.7. The van der Waals surface area contributed by atoms with Gasteiger partial charge in [0, 0.05) is 17.5 Å². The average Bonchev–Trinajstić information content (AvgIpc) is 2.33. The molecular weight excluding hydrogens is 230 g/mol. The van der Waals surface area contributed by atoms with Crippen LogP contribution in [0.4, 0.5) is 0 Å². The Bertz CT molecular complexity index is 390. The van der Waals surface area contributed by atoms with Gasteiger partial charge in [-0.15, -0.1) is 0 Å². The second kappa shape index (κ2) is 5.01. The third kappa shape index (κ3) is 2.51. The molecule has 0 aromatic heterocycles. The number of hydrogen-bond acceptors (Lipinski definition) is 3. The lowest BCUT2D eigenvalue weighted by molar-refractivity contribution is 0.0421. The largest absolute Gasteiger partial charge is 0.393 e. The summed E-state index contributed by atoms with van der Waals surface area (Å²) in [4.78, 5) is 0. The van der Waals surface area contributed by atoms with Gasteiger partial charge in [-0.25, -0.2) is 0 Å². The highest BCUT2D eigenvalue weighted by Crippen LogP contribution is 2.32. The summed E-state index contributed by atoms with van der Waals surface area (Å²) in [5, 5.41) is 12.9. The van der Waals surface area contributed by atoms with Crippen molar-refractivity contribution in [2.45, 2.75) is 30.7 Å². The Labute approximate surface area is 107 Å². The van der Waals surface area contributed by atoms with Crippen LogP contribution < -0.4 is 5.32 Å². The van der Waals surface area contributed by atoms with E-state index in [1.54, 1.807) is 0 Å². The second-order valence-corrected chi connectivity index (χ2v) is 6.20. The second-order valence-electron chi connectivity index (χ2n) is 5.17. The minimum atomic E-state index is -0.0326. The van der Waals surface area contributed by atoms with Crippen LogP contribution in [0, 0.1) is 5.92 Å².